The van der Waals surface area contributed by atoms with Gasteiger partial charge in [-0.1, -0.05) is 0 Å². The number of likely N-dealkylation sites (N-methyl/N-ethyl adjacent to an activating group) is 1. The predicted molar refractivity (Wildman–Crippen MR) is 470 cm³/mol. The van der Waals surface area contributed by atoms with E-state index in [1.165, 1.54) is 0 Å². The highest BCUT2D eigenvalue weighted by Gasteiger charge is 2.61. The van der Waals surface area contributed by atoms with E-state index < -0.39 is 380 Å². The van der Waals surface area contributed by atoms with Crippen LogP contribution in [-0.4, -0.2) is 547 Å². The van der Waals surface area contributed by atoms with E-state index in [4.69, 9.17) is 182 Å². The number of unbranched alkanes of at least 4 members (excludes halogenated alkanes) is 1. The minimum absolute atomic E-state index is 0.0378. The molecule has 140 heavy (non-hydrogen) atoms. The Morgan fingerprint density at radius 1 is 0.293 bits per heavy atom. The maximum Gasteiger partial charge on any atom is 0.422 e. The summed E-state index contributed by atoms with van der Waals surface area (Å²) < 4.78 is 111. The monoisotopic (exact) mass is 2040 g/mol. The van der Waals surface area contributed by atoms with Crippen molar-refractivity contribution in [1.29, 1.82) is 0 Å². The molecule has 0 bridgehead atoms. The molecule has 9 aliphatic heterocycles. The highest BCUT2D eigenvalue weighted by molar-refractivity contribution is 5.67. The molecule has 61 heteroatoms. The summed E-state index contributed by atoms with van der Waals surface area (Å²) in [7, 11) is 1.63. The summed E-state index contributed by atoms with van der Waals surface area (Å²) in [6.07, 6.45) is -59.1. The van der Waals surface area contributed by atoms with Gasteiger partial charge in [-0.25, -0.2) is 10.2 Å². The van der Waals surface area contributed by atoms with Gasteiger partial charge >= 0.3 is 6.09 Å². The summed E-state index contributed by atoms with van der Waals surface area (Å²) in [4.78, 5) is 12.0. The second kappa shape index (κ2) is 53.1. The molecule has 0 radical (unpaired) electrons. The van der Waals surface area contributed by atoms with Crippen molar-refractivity contribution in [2.24, 2.45) is 91.7 Å². The predicted octanol–water partition coefficient (Wildman–Crippen LogP) is -25.0. The molecule has 3 aliphatic carbocycles. The van der Waals surface area contributed by atoms with Crippen LogP contribution in [0.5, 0.6) is 0 Å². The first-order valence-corrected chi connectivity index (χ1v) is 46.9. The fourth-order valence-electron chi connectivity index (χ4n) is 18.5. The van der Waals surface area contributed by atoms with Gasteiger partial charge in [-0.05, 0) is 73.0 Å². The van der Waals surface area contributed by atoms with Gasteiger partial charge in [0.05, 0.1) is 74.4 Å². The summed E-state index contributed by atoms with van der Waals surface area (Å²) in [6, 6.07) is -12.7. The SMILES string of the molecule is CC(C)(C)OC(=O)NNC[C@H]1O[C@H](O[C@H]2[C@H](O[C@@H]3O[C@H](CO)[C@@H](O[C@H]4O[C@@H](CN)[C@@H](O)[C@H](O)[C@H]4N)[C@H]3O)[C@@H](O)[C@H](N)C[C@@H]2N)[C@H](N)[C@@H](O)[C@@H]1O.CNC[C@H]1O[C@H](O[C@H]2[C@H](O[C@@H]3O[C@H](CO)[C@@H](O[C@H]4O[C@@H](CN)[C@@H](O)[C@H](O)[C@H]4N)[C@H]3O)[C@@H](O)[C@H](N)C[C@@H]2N)[C@H](N)[C@@H](O)[C@@H]1O.NCCCCNC[C@H]1O[C@H](O[C@H]2[C@H](O[C@@H]3O[C@H](CO)[C@@H](O[C@H]4O[C@@H](CN)[C@@H](O)[C@H](O)[C@H]4N)[C@H]3O)[C@@H](O)[C@H](N)C[C@@H]2N)[C@H](N)[C@@H](O)[C@@H]1O. The molecule has 12 aliphatic rings. The molecule has 0 spiro atoms. The van der Waals surface area contributed by atoms with Gasteiger partial charge in [0.1, 0.15) is 207 Å². The molecule has 9 saturated heterocycles. The summed E-state index contributed by atoms with van der Waals surface area (Å²) in [6.45, 7) is 3.79. The first-order valence-electron chi connectivity index (χ1n) is 46.9. The molecule has 61 nitrogen and oxygen atoms in total. The maximum atomic E-state index is 12.0. The van der Waals surface area contributed by atoms with Crippen LogP contribution in [0.4, 0.5) is 4.79 Å². The lowest BCUT2D eigenvalue weighted by atomic mass is 9.84. The number of nitrogens with two attached hydrogens (primary N) is 16. The zero-order valence-corrected chi connectivity index (χ0v) is 78.0. The highest BCUT2D eigenvalue weighted by atomic mass is 16.8. The molecule has 0 unspecified atom stereocenters. The van der Waals surface area contributed by atoms with E-state index in [9.17, 15) is 112 Å². The standard InChI is InChI=1S/C28H55N7O15.C27H55N7O13.C24H48N6O13/c1-28(2,3)50-27(43)35-34-6-11-17(39)19(41)14(33)25(45-11)47-21-9(31)4-8(30)15(37)23(21)49-26-20(42)22(12(7-36)46-26)48-24-13(32)18(40)16(38)10(5-29)44-24;28-3-1-2-4-34-7-12-18(38)20(40)15(33)26(43-12)45-22-10(31)5-9(30)16(36)24(22)47-27-21(41)23(13(8-35)44-27)46-25-14(32)19(39)17(37)11(6-29)42-25;1-30-4-9-15(34)17(36)12(29)23(39-9)41-19-7(27)2-6(26)13(32)21(19)43-24-18(37)20(10(5-31)40-24)42-22-11(28)16(35)14(33)8(3-25)38-22/h8-26,34,36-42H,4-7,29-33H2,1-3H3,(H,35,43);9-27,34-41H,1-8,28-33H2;6-24,30-37H,2-5,25-29H2,1H3/t8-,9+,10+,11-,12-,13-,14-,15+,16-,17-,18-,19-,20-,21-,22-,23-,24-,25-,26+;9-,10+,11+,12-,13-,14-,15-,16+,17-,18-,19-,20-,21-,22-,23-,24-,25-,26-,27+;6-,7+,8+,9-,10-,11-,12-,13+,14-,15-,16-,17-,18-,19-,20-,21-,22-,23-,24+/m111/s1. The third kappa shape index (κ3) is 28.0. The van der Waals surface area contributed by atoms with Crippen LogP contribution in [0, 0.1) is 0 Å². The number of hydrazine groups is 1. The quantitative estimate of drug-likeness (QED) is 0.0207. The van der Waals surface area contributed by atoms with Crippen LogP contribution in [0.2, 0.25) is 0 Å². The van der Waals surface area contributed by atoms with E-state index in [0.29, 0.717) is 13.1 Å². The number of nitrogens with one attached hydrogen (secondary N) is 4. The molecule has 12 fully saturated rings. The van der Waals surface area contributed by atoms with Crippen LogP contribution in [0.1, 0.15) is 52.9 Å². The van der Waals surface area contributed by atoms with Crippen LogP contribution in [0.3, 0.4) is 0 Å². The van der Waals surface area contributed by atoms with Crippen LogP contribution in [-0.2, 0) is 90.0 Å². The van der Waals surface area contributed by atoms with Crippen LogP contribution in [0.25, 0.3) is 0 Å². The number of carbonyl (C=O) groups is 1. The lowest BCUT2D eigenvalue weighted by Crippen LogP contribution is -2.68. The molecule has 57 atom stereocenters. The van der Waals surface area contributed by atoms with Gasteiger partial charge in [0.15, 0.2) is 56.6 Å². The normalized spacial score (nSPS) is 49.6. The number of hydrogen-bond donors (Lipinski definition) is 41. The van der Waals surface area contributed by atoms with Gasteiger partial charge in [0.2, 0.25) is 0 Å². The van der Waals surface area contributed by atoms with Crippen molar-refractivity contribution in [3.8, 4) is 0 Å². The topological polar surface area (TPSA) is 1080 Å². The molecular formula is C79H158N20O41. The molecular weight excluding hydrogens is 1880 g/mol. The van der Waals surface area contributed by atoms with Gasteiger partial charge in [-0.15, -0.1) is 0 Å². The van der Waals surface area contributed by atoms with E-state index in [1.54, 1.807) is 27.8 Å². The molecule has 0 aromatic heterocycles. The summed E-state index contributed by atoms with van der Waals surface area (Å²) >= 11 is 0. The summed E-state index contributed by atoms with van der Waals surface area (Å²) in [5.41, 5.74) is 100. The molecule has 9 heterocycles. The van der Waals surface area contributed by atoms with E-state index in [1.807, 2.05) is 0 Å². The molecule has 0 aromatic carbocycles. The largest absolute Gasteiger partial charge is 0.443 e. The Labute approximate surface area is 805 Å². The van der Waals surface area contributed by atoms with Gasteiger partial charge < -0.3 is 300 Å². The van der Waals surface area contributed by atoms with Crippen molar-refractivity contribution in [2.45, 2.75) is 407 Å². The van der Waals surface area contributed by atoms with Crippen molar-refractivity contribution in [1.82, 2.24) is 21.5 Å². The second-order valence-corrected chi connectivity index (χ2v) is 38.3. The van der Waals surface area contributed by atoms with Gasteiger partial charge in [-0.2, -0.15) is 0 Å². The number of carbonyl (C=O) groups excluding carboxylic acids is 1. The number of aliphatic hydroxyl groups is 21. The zero-order chi connectivity index (χ0) is 104. The molecule has 12 rings (SSSR count). The Balaban J connectivity index is 0.000000217. The fraction of sp³-hybridized carbons (Fsp3) is 0.987. The number of aliphatic hydroxyl groups excluding tert-OH is 21. The smallest absolute Gasteiger partial charge is 0.422 e. The van der Waals surface area contributed by atoms with Crippen molar-refractivity contribution in [3.05, 3.63) is 0 Å². The van der Waals surface area contributed by atoms with E-state index >= 15 is 0 Å². The summed E-state index contributed by atoms with van der Waals surface area (Å²) in [5.74, 6) is 0. The minimum Gasteiger partial charge on any atom is -0.443 e. The molecule has 1 amide bonds. The van der Waals surface area contributed by atoms with Crippen LogP contribution < -0.4 is 113 Å². The lowest BCUT2D eigenvalue weighted by Gasteiger charge is -2.47. The number of hydrogen-bond acceptors (Lipinski definition) is 60. The van der Waals surface area contributed by atoms with Crippen molar-refractivity contribution in [2.75, 3.05) is 79.2 Å². The molecule has 3 saturated carbocycles. The Hall–Kier alpha value is -3.05. The third-order valence-electron chi connectivity index (χ3n) is 26.9. The Kier molecular flexibility index (Phi) is 45.1. The zero-order valence-electron chi connectivity index (χ0n) is 78.0. The Morgan fingerprint density at radius 2 is 0.536 bits per heavy atom. The van der Waals surface area contributed by atoms with Crippen molar-refractivity contribution in [3.63, 3.8) is 0 Å². The molecule has 0 aromatic rings. The van der Waals surface area contributed by atoms with E-state index in [0.717, 1.165) is 12.8 Å². The number of rotatable bonds is 35. The fourth-order valence-corrected chi connectivity index (χ4v) is 18.5. The van der Waals surface area contributed by atoms with Gasteiger partial charge in [0, 0.05) is 75.5 Å². The molecule has 57 N–H and O–H groups in total. The second-order valence-electron chi connectivity index (χ2n) is 38.3. The van der Waals surface area contributed by atoms with E-state index in [-0.39, 0.29) is 58.5 Å². The first-order chi connectivity index (χ1) is 66.0. The lowest BCUT2D eigenvalue weighted by molar-refractivity contribution is -0.307. The number of amides is 1. The van der Waals surface area contributed by atoms with Gasteiger partial charge in [-0.3, -0.25) is 5.43 Å². The molecule has 820 valence electrons. The Bertz CT molecular complexity index is 3640. The van der Waals surface area contributed by atoms with Crippen LogP contribution in [0.15, 0.2) is 0 Å². The average Bonchev–Trinajstić information content (AvgIpc) is 1.73. The Morgan fingerprint density at radius 3 is 0.793 bits per heavy atom. The number of ether oxygens (including phenoxy) is 19. The first kappa shape index (κ1) is 119. The van der Waals surface area contributed by atoms with Crippen molar-refractivity contribution >= 4 is 6.09 Å². The maximum absolute atomic E-state index is 12.0. The van der Waals surface area contributed by atoms with Crippen LogP contribution >= 0.6 is 0 Å². The summed E-state index contributed by atoms with van der Waals surface area (Å²) in [5, 5.41) is 228. The average molecular weight is 2040 g/mol. The minimum atomic E-state index is -1.65. The highest BCUT2D eigenvalue weighted by Crippen LogP contribution is 2.41. The van der Waals surface area contributed by atoms with Gasteiger partial charge in [0.25, 0.3) is 0 Å². The van der Waals surface area contributed by atoms with E-state index in [2.05, 4.69) is 21.5 Å². The third-order valence-corrected chi connectivity index (χ3v) is 26.9. The van der Waals surface area contributed by atoms with Crippen molar-refractivity contribution < 1.29 is 202 Å².